The van der Waals surface area contributed by atoms with Crippen LogP contribution < -0.4 is 5.32 Å². The van der Waals surface area contributed by atoms with Crippen molar-refractivity contribution in [3.05, 3.63) is 64.9 Å². The third-order valence-electron chi connectivity index (χ3n) is 4.11. The number of hydrogen-bond donors (Lipinski definition) is 1. The minimum atomic E-state index is -0.763. The Bertz CT molecular complexity index is 1200. The molecule has 2 heterocycles. The van der Waals surface area contributed by atoms with E-state index in [9.17, 15) is 9.59 Å². The van der Waals surface area contributed by atoms with Crippen LogP contribution in [-0.4, -0.2) is 28.7 Å². The number of furan rings is 1. The summed E-state index contributed by atoms with van der Waals surface area (Å²) < 4.78 is 15.9. The summed E-state index contributed by atoms with van der Waals surface area (Å²) in [5, 5.41) is 11.2. The van der Waals surface area contributed by atoms with Gasteiger partial charge in [-0.3, -0.25) is 10.1 Å². The van der Waals surface area contributed by atoms with Crippen molar-refractivity contribution in [3.63, 3.8) is 0 Å². The van der Waals surface area contributed by atoms with E-state index in [0.29, 0.717) is 27.1 Å². The van der Waals surface area contributed by atoms with Crippen molar-refractivity contribution in [3.8, 4) is 11.5 Å². The molecule has 0 unspecified atom stereocenters. The highest BCUT2D eigenvalue weighted by atomic mass is 35.5. The molecule has 0 spiro atoms. The van der Waals surface area contributed by atoms with Gasteiger partial charge in [0.05, 0.1) is 0 Å². The molecule has 4 aromatic rings. The number of esters is 1. The van der Waals surface area contributed by atoms with Crippen molar-refractivity contribution in [2.75, 3.05) is 11.9 Å². The summed E-state index contributed by atoms with van der Waals surface area (Å²) in [6.07, 6.45) is 0. The maximum Gasteiger partial charge on any atom is 0.375 e. The number of carbonyl (C=O) groups excluding carboxylic acids is 2. The lowest BCUT2D eigenvalue weighted by atomic mass is 10.1. The van der Waals surface area contributed by atoms with Crippen molar-refractivity contribution >= 4 is 40.5 Å². The highest BCUT2D eigenvalue weighted by Crippen LogP contribution is 2.28. The van der Waals surface area contributed by atoms with E-state index in [4.69, 9.17) is 25.2 Å². The molecular weight excluding hydrogens is 398 g/mol. The van der Waals surface area contributed by atoms with Crippen LogP contribution in [0, 0.1) is 6.92 Å². The zero-order valence-electron chi connectivity index (χ0n) is 15.1. The van der Waals surface area contributed by atoms with Gasteiger partial charge in [0.15, 0.2) is 6.61 Å². The van der Waals surface area contributed by atoms with Gasteiger partial charge in [-0.25, -0.2) is 4.79 Å². The van der Waals surface area contributed by atoms with Crippen molar-refractivity contribution in [2.45, 2.75) is 6.92 Å². The monoisotopic (exact) mass is 411 g/mol. The zero-order valence-corrected chi connectivity index (χ0v) is 15.9. The summed E-state index contributed by atoms with van der Waals surface area (Å²) in [4.78, 5) is 24.3. The van der Waals surface area contributed by atoms with Crippen LogP contribution in [0.4, 0.5) is 6.01 Å². The van der Waals surface area contributed by atoms with Crippen molar-refractivity contribution in [1.82, 2.24) is 10.2 Å². The number of nitrogens with zero attached hydrogens (tertiary/aromatic N) is 2. The van der Waals surface area contributed by atoms with Gasteiger partial charge in [0.1, 0.15) is 5.58 Å². The number of aromatic nitrogens is 2. The molecule has 8 nitrogen and oxygen atoms in total. The first-order chi connectivity index (χ1) is 14.0. The molecule has 0 aliphatic heterocycles. The molecular formula is C20H14ClN3O5. The standard InChI is InChI=1S/C20H14ClN3O5/c1-11-14-9-13(21)7-8-15(14)28-17(11)19(26)27-10-16(25)22-20-24-23-18(29-20)12-5-3-2-4-6-12/h2-9H,10H2,1H3,(H,22,24,25). The van der Waals surface area contributed by atoms with Crippen LogP contribution >= 0.6 is 11.6 Å². The number of halogens is 1. The first-order valence-corrected chi connectivity index (χ1v) is 8.93. The maximum atomic E-state index is 12.3. The average molecular weight is 412 g/mol. The Balaban J connectivity index is 1.38. The van der Waals surface area contributed by atoms with Crippen LogP contribution in [0.15, 0.2) is 57.4 Å². The van der Waals surface area contributed by atoms with Crippen molar-refractivity contribution < 1.29 is 23.2 Å². The number of fused-ring (bicyclic) bond motifs is 1. The summed E-state index contributed by atoms with van der Waals surface area (Å²) in [6.45, 7) is 1.17. The second-order valence-electron chi connectivity index (χ2n) is 6.10. The molecule has 1 amide bonds. The minimum absolute atomic E-state index is 0.0132. The third kappa shape index (κ3) is 3.97. The van der Waals surface area contributed by atoms with Crippen molar-refractivity contribution in [2.24, 2.45) is 0 Å². The fourth-order valence-corrected chi connectivity index (χ4v) is 2.88. The van der Waals surface area contributed by atoms with Crippen LogP contribution in [0.25, 0.3) is 22.4 Å². The van der Waals surface area contributed by atoms with E-state index in [-0.39, 0.29) is 17.7 Å². The molecule has 4 rings (SSSR count). The predicted molar refractivity (Wildman–Crippen MR) is 105 cm³/mol. The van der Waals surface area contributed by atoms with E-state index in [1.807, 2.05) is 18.2 Å². The van der Waals surface area contributed by atoms with Crippen LogP contribution in [0.5, 0.6) is 0 Å². The molecule has 2 aromatic carbocycles. The predicted octanol–water partition coefficient (Wildman–Crippen LogP) is 4.24. The molecule has 0 aliphatic rings. The van der Waals surface area contributed by atoms with Gasteiger partial charge in [0.25, 0.3) is 5.91 Å². The number of benzene rings is 2. The van der Waals surface area contributed by atoms with Crippen LogP contribution in [0.1, 0.15) is 16.1 Å². The number of nitrogens with one attached hydrogen (secondary N) is 1. The van der Waals surface area contributed by atoms with Gasteiger partial charge in [-0.1, -0.05) is 34.9 Å². The normalized spacial score (nSPS) is 10.8. The lowest BCUT2D eigenvalue weighted by molar-refractivity contribution is -0.119. The van der Waals surface area contributed by atoms with E-state index >= 15 is 0 Å². The molecule has 1 N–H and O–H groups in total. The second-order valence-corrected chi connectivity index (χ2v) is 6.54. The van der Waals surface area contributed by atoms with Gasteiger partial charge in [-0.2, -0.15) is 0 Å². The number of hydrogen-bond acceptors (Lipinski definition) is 7. The van der Waals surface area contributed by atoms with Crippen molar-refractivity contribution in [1.29, 1.82) is 0 Å². The fourth-order valence-electron chi connectivity index (χ4n) is 2.71. The third-order valence-corrected chi connectivity index (χ3v) is 4.35. The summed E-state index contributed by atoms with van der Waals surface area (Å²) in [6, 6.07) is 14.0. The van der Waals surface area contributed by atoms with Gasteiger partial charge in [-0.05, 0) is 37.3 Å². The first-order valence-electron chi connectivity index (χ1n) is 8.56. The van der Waals surface area contributed by atoms with Crippen LogP contribution in [0.3, 0.4) is 0 Å². The summed E-state index contributed by atoms with van der Waals surface area (Å²) >= 11 is 5.97. The smallest absolute Gasteiger partial charge is 0.375 e. The van der Waals surface area contributed by atoms with E-state index in [0.717, 1.165) is 0 Å². The topological polar surface area (TPSA) is 107 Å². The Morgan fingerprint density at radius 2 is 1.90 bits per heavy atom. The number of amides is 1. The van der Waals surface area contributed by atoms with Crippen LogP contribution in [-0.2, 0) is 9.53 Å². The molecule has 0 radical (unpaired) electrons. The van der Waals surface area contributed by atoms with Gasteiger partial charge in [0, 0.05) is 21.5 Å². The quantitative estimate of drug-likeness (QED) is 0.489. The molecule has 0 aliphatic carbocycles. The summed E-state index contributed by atoms with van der Waals surface area (Å²) in [7, 11) is 0. The summed E-state index contributed by atoms with van der Waals surface area (Å²) in [5.41, 5.74) is 1.80. The highest BCUT2D eigenvalue weighted by molar-refractivity contribution is 6.31. The van der Waals surface area contributed by atoms with Gasteiger partial charge in [-0.15, -0.1) is 5.10 Å². The Hall–Kier alpha value is -3.65. The van der Waals surface area contributed by atoms with Gasteiger partial charge in [0.2, 0.25) is 11.7 Å². The van der Waals surface area contributed by atoms with Crippen LogP contribution in [0.2, 0.25) is 5.02 Å². The molecule has 146 valence electrons. The summed E-state index contributed by atoms with van der Waals surface area (Å²) in [5.74, 6) is -1.12. The molecule has 0 atom stereocenters. The Kier molecular flexibility index (Phi) is 5.01. The van der Waals surface area contributed by atoms with E-state index in [1.165, 1.54) is 0 Å². The second kappa shape index (κ2) is 7.76. The number of ether oxygens (including phenoxy) is 1. The van der Waals surface area contributed by atoms with E-state index < -0.39 is 18.5 Å². The molecule has 0 fully saturated rings. The highest BCUT2D eigenvalue weighted by Gasteiger charge is 2.21. The molecule has 29 heavy (non-hydrogen) atoms. The number of anilines is 1. The average Bonchev–Trinajstić information content (AvgIpc) is 3.32. The molecule has 0 saturated carbocycles. The minimum Gasteiger partial charge on any atom is -0.450 e. The maximum absolute atomic E-state index is 12.3. The first kappa shape index (κ1) is 18.7. The number of carbonyl (C=O) groups is 2. The zero-order chi connectivity index (χ0) is 20.4. The SMILES string of the molecule is Cc1c(C(=O)OCC(=O)Nc2nnc(-c3ccccc3)o2)oc2ccc(Cl)cc12. The number of rotatable bonds is 5. The molecule has 0 bridgehead atoms. The Morgan fingerprint density at radius 3 is 2.69 bits per heavy atom. The molecule has 0 saturated heterocycles. The van der Waals surface area contributed by atoms with Gasteiger partial charge < -0.3 is 13.6 Å². The lowest BCUT2D eigenvalue weighted by Gasteiger charge is -2.02. The Labute approximate surface area is 169 Å². The molecule has 2 aromatic heterocycles. The lowest BCUT2D eigenvalue weighted by Crippen LogP contribution is -2.21. The van der Waals surface area contributed by atoms with Gasteiger partial charge >= 0.3 is 12.0 Å². The Morgan fingerprint density at radius 1 is 1.10 bits per heavy atom. The fraction of sp³-hybridized carbons (Fsp3) is 0.100. The largest absolute Gasteiger partial charge is 0.450 e. The molecule has 9 heteroatoms. The van der Waals surface area contributed by atoms with E-state index in [1.54, 1.807) is 37.3 Å². The van der Waals surface area contributed by atoms with E-state index in [2.05, 4.69) is 15.5 Å². The number of aryl methyl sites for hydroxylation is 1.